The van der Waals surface area contributed by atoms with Gasteiger partial charge in [-0.1, -0.05) is 13.8 Å². The first-order valence-corrected chi connectivity index (χ1v) is 7.62. The molecule has 0 bridgehead atoms. The zero-order valence-corrected chi connectivity index (χ0v) is 12.7. The van der Waals surface area contributed by atoms with E-state index in [2.05, 4.69) is 42.9 Å². The second-order valence-electron chi connectivity index (χ2n) is 7.11. The number of hydrogen-bond donors (Lipinski definition) is 1. The Morgan fingerprint density at radius 3 is 2.67 bits per heavy atom. The van der Waals surface area contributed by atoms with E-state index in [0.717, 1.165) is 5.92 Å². The molecule has 0 aromatic carbocycles. The minimum Gasteiger partial charge on any atom is -0.316 e. The fraction of sp³-hybridized carbons (Fsp3) is 1.00. The zero-order chi connectivity index (χ0) is 13.2. The molecule has 0 radical (unpaired) electrons. The minimum atomic E-state index is 0.442. The van der Waals surface area contributed by atoms with Crippen molar-refractivity contribution >= 4 is 0 Å². The van der Waals surface area contributed by atoms with Gasteiger partial charge in [0.1, 0.15) is 0 Å². The van der Waals surface area contributed by atoms with Gasteiger partial charge in [0.2, 0.25) is 0 Å². The molecule has 0 amide bonds. The van der Waals surface area contributed by atoms with Gasteiger partial charge < -0.3 is 10.2 Å². The van der Waals surface area contributed by atoms with E-state index in [4.69, 9.17) is 0 Å². The van der Waals surface area contributed by atoms with Crippen LogP contribution in [0.1, 0.15) is 33.6 Å². The molecule has 0 aromatic heterocycles. The number of piperidine rings is 1. The zero-order valence-electron chi connectivity index (χ0n) is 12.7. The van der Waals surface area contributed by atoms with Gasteiger partial charge in [-0.15, -0.1) is 0 Å². The van der Waals surface area contributed by atoms with Crippen LogP contribution in [0.4, 0.5) is 0 Å². The largest absolute Gasteiger partial charge is 0.316 e. The van der Waals surface area contributed by atoms with Crippen molar-refractivity contribution in [2.45, 2.75) is 39.7 Å². The molecule has 2 aliphatic heterocycles. The van der Waals surface area contributed by atoms with Gasteiger partial charge in [-0.25, -0.2) is 0 Å². The first kappa shape index (κ1) is 14.3. The highest BCUT2D eigenvalue weighted by Gasteiger charge is 2.34. The number of nitrogens with one attached hydrogen (secondary N) is 1. The number of rotatable bonds is 3. The Bertz CT molecular complexity index is 258. The van der Waals surface area contributed by atoms with Gasteiger partial charge in [0.25, 0.3) is 0 Å². The van der Waals surface area contributed by atoms with Gasteiger partial charge in [-0.2, -0.15) is 0 Å². The van der Waals surface area contributed by atoms with E-state index in [9.17, 15) is 0 Å². The van der Waals surface area contributed by atoms with Crippen molar-refractivity contribution in [1.82, 2.24) is 15.1 Å². The van der Waals surface area contributed by atoms with E-state index in [1.165, 1.54) is 52.1 Å². The number of hydrogen-bond acceptors (Lipinski definition) is 3. The van der Waals surface area contributed by atoms with Gasteiger partial charge in [-0.05, 0) is 51.2 Å². The smallest absolute Gasteiger partial charge is 0.0195 e. The van der Waals surface area contributed by atoms with E-state index >= 15 is 0 Å². The summed E-state index contributed by atoms with van der Waals surface area (Å²) in [7, 11) is 2.24. The first-order chi connectivity index (χ1) is 8.49. The molecule has 0 aliphatic carbocycles. The van der Waals surface area contributed by atoms with Crippen LogP contribution in [0, 0.1) is 11.3 Å². The van der Waals surface area contributed by atoms with Crippen molar-refractivity contribution in [3.63, 3.8) is 0 Å². The average molecular weight is 253 g/mol. The Kier molecular flexibility index (Phi) is 4.68. The lowest BCUT2D eigenvalue weighted by molar-refractivity contribution is 0.0370. The molecule has 106 valence electrons. The summed E-state index contributed by atoms with van der Waals surface area (Å²) < 4.78 is 0. The predicted molar refractivity (Wildman–Crippen MR) is 77.9 cm³/mol. The highest BCUT2D eigenvalue weighted by Crippen LogP contribution is 2.33. The molecule has 2 fully saturated rings. The molecule has 2 aliphatic rings. The van der Waals surface area contributed by atoms with Crippen molar-refractivity contribution in [3.8, 4) is 0 Å². The Morgan fingerprint density at radius 2 is 2.06 bits per heavy atom. The van der Waals surface area contributed by atoms with Crippen LogP contribution in [0.15, 0.2) is 0 Å². The van der Waals surface area contributed by atoms with Gasteiger partial charge in [0.15, 0.2) is 0 Å². The maximum atomic E-state index is 3.57. The molecule has 3 heteroatoms. The molecule has 2 atom stereocenters. The summed E-state index contributed by atoms with van der Waals surface area (Å²) in [5.41, 5.74) is 0.442. The monoisotopic (exact) mass is 253 g/mol. The summed E-state index contributed by atoms with van der Waals surface area (Å²) >= 11 is 0. The quantitative estimate of drug-likeness (QED) is 0.825. The molecule has 2 rings (SSSR count). The van der Waals surface area contributed by atoms with Crippen LogP contribution < -0.4 is 5.32 Å². The number of likely N-dealkylation sites (N-methyl/N-ethyl adjacent to an activating group) is 1. The van der Waals surface area contributed by atoms with E-state index < -0.39 is 0 Å². The molecule has 0 spiro atoms. The van der Waals surface area contributed by atoms with E-state index in [0.29, 0.717) is 11.5 Å². The molecular formula is C15H31N3. The third kappa shape index (κ3) is 3.46. The number of nitrogens with zero attached hydrogens (tertiary/aromatic N) is 2. The van der Waals surface area contributed by atoms with Crippen LogP contribution >= 0.6 is 0 Å². The Labute approximate surface area is 113 Å². The average Bonchev–Trinajstić information content (AvgIpc) is 2.34. The summed E-state index contributed by atoms with van der Waals surface area (Å²) in [5.74, 6) is 0.845. The maximum absolute atomic E-state index is 3.57. The van der Waals surface area contributed by atoms with Gasteiger partial charge in [0, 0.05) is 32.2 Å². The highest BCUT2D eigenvalue weighted by atomic mass is 15.3. The Balaban J connectivity index is 1.90. The second-order valence-corrected chi connectivity index (χ2v) is 7.11. The van der Waals surface area contributed by atoms with Crippen molar-refractivity contribution in [2.24, 2.45) is 11.3 Å². The second kappa shape index (κ2) is 5.89. The molecule has 0 aromatic rings. The fourth-order valence-corrected chi connectivity index (χ4v) is 3.58. The molecule has 2 saturated heterocycles. The van der Waals surface area contributed by atoms with Gasteiger partial charge in [0.05, 0.1) is 0 Å². The standard InChI is InChI=1S/C15H31N3/c1-13-11-17(4)8-9-18(13)12-15(2,3)14-6-5-7-16-10-14/h13-14,16H,5-12H2,1-4H3. The van der Waals surface area contributed by atoms with Gasteiger partial charge >= 0.3 is 0 Å². The molecule has 0 saturated carbocycles. The predicted octanol–water partition coefficient (Wildman–Crippen LogP) is 1.65. The van der Waals surface area contributed by atoms with Crippen LogP contribution in [0.2, 0.25) is 0 Å². The summed E-state index contributed by atoms with van der Waals surface area (Å²) in [6, 6.07) is 0.708. The van der Waals surface area contributed by atoms with E-state index in [1.54, 1.807) is 0 Å². The molecule has 18 heavy (non-hydrogen) atoms. The minimum absolute atomic E-state index is 0.442. The molecule has 2 heterocycles. The third-order valence-corrected chi connectivity index (χ3v) is 4.98. The van der Waals surface area contributed by atoms with Crippen LogP contribution in [-0.2, 0) is 0 Å². The van der Waals surface area contributed by atoms with Crippen LogP contribution in [0.25, 0.3) is 0 Å². The third-order valence-electron chi connectivity index (χ3n) is 4.98. The Hall–Kier alpha value is -0.120. The summed E-state index contributed by atoms with van der Waals surface area (Å²) in [6.07, 6.45) is 2.76. The Morgan fingerprint density at radius 1 is 1.28 bits per heavy atom. The lowest BCUT2D eigenvalue weighted by Crippen LogP contribution is -2.54. The maximum Gasteiger partial charge on any atom is 0.0195 e. The molecular weight excluding hydrogens is 222 g/mol. The summed E-state index contributed by atoms with van der Waals surface area (Å²) in [5, 5.41) is 3.57. The van der Waals surface area contributed by atoms with Crippen LogP contribution in [-0.4, -0.2) is 62.2 Å². The number of piperazine rings is 1. The van der Waals surface area contributed by atoms with Crippen molar-refractivity contribution in [2.75, 3.05) is 46.3 Å². The first-order valence-electron chi connectivity index (χ1n) is 7.62. The van der Waals surface area contributed by atoms with E-state index in [1.807, 2.05) is 0 Å². The van der Waals surface area contributed by atoms with E-state index in [-0.39, 0.29) is 0 Å². The molecule has 3 nitrogen and oxygen atoms in total. The van der Waals surface area contributed by atoms with Gasteiger partial charge in [-0.3, -0.25) is 4.90 Å². The summed E-state index contributed by atoms with van der Waals surface area (Å²) in [4.78, 5) is 5.16. The van der Waals surface area contributed by atoms with Crippen LogP contribution in [0.5, 0.6) is 0 Å². The SMILES string of the molecule is CC1CN(C)CCN1CC(C)(C)C1CCCNC1. The topological polar surface area (TPSA) is 18.5 Å². The van der Waals surface area contributed by atoms with Crippen LogP contribution in [0.3, 0.4) is 0 Å². The van der Waals surface area contributed by atoms with Crippen molar-refractivity contribution in [3.05, 3.63) is 0 Å². The summed E-state index contributed by atoms with van der Waals surface area (Å²) in [6.45, 7) is 14.7. The fourth-order valence-electron chi connectivity index (χ4n) is 3.58. The molecule has 2 unspecified atom stereocenters. The van der Waals surface area contributed by atoms with Crippen molar-refractivity contribution < 1.29 is 0 Å². The normalized spacial score (nSPS) is 32.7. The molecule has 1 N–H and O–H groups in total. The van der Waals surface area contributed by atoms with Crippen molar-refractivity contribution in [1.29, 1.82) is 0 Å². The lowest BCUT2D eigenvalue weighted by atomic mass is 9.74. The highest BCUT2D eigenvalue weighted by molar-refractivity contribution is 4.88. The lowest BCUT2D eigenvalue weighted by Gasteiger charge is -2.45.